The van der Waals surface area contributed by atoms with Crippen molar-refractivity contribution in [1.82, 2.24) is 15.1 Å². The number of ether oxygens (including phenoxy) is 1. The van der Waals surface area contributed by atoms with Crippen molar-refractivity contribution in [2.24, 2.45) is 0 Å². The SMILES string of the molecule is CC1CN(C(=O)CN2C(=O)NC3(CCCC3)C2=O)CC(C)O1. The molecule has 2 heterocycles. The third kappa shape index (κ3) is 2.58. The minimum atomic E-state index is -0.747. The summed E-state index contributed by atoms with van der Waals surface area (Å²) in [6, 6.07) is -0.436. The van der Waals surface area contributed by atoms with Crippen LogP contribution in [0.5, 0.6) is 0 Å². The minimum absolute atomic E-state index is 0.0306. The van der Waals surface area contributed by atoms with Gasteiger partial charge in [0.25, 0.3) is 5.91 Å². The fraction of sp³-hybridized carbons (Fsp3) is 0.800. The molecular formula is C15H23N3O4. The van der Waals surface area contributed by atoms with Crippen LogP contribution in [0.3, 0.4) is 0 Å². The summed E-state index contributed by atoms with van der Waals surface area (Å²) in [6.45, 7) is 4.65. The second kappa shape index (κ2) is 5.53. The lowest BCUT2D eigenvalue weighted by molar-refractivity contribution is -0.146. The van der Waals surface area contributed by atoms with Crippen LogP contribution < -0.4 is 5.32 Å². The molecule has 2 saturated heterocycles. The first kappa shape index (κ1) is 15.3. The molecule has 0 aromatic heterocycles. The summed E-state index contributed by atoms with van der Waals surface area (Å²) in [6.07, 6.45) is 3.16. The summed E-state index contributed by atoms with van der Waals surface area (Å²) >= 11 is 0. The van der Waals surface area contributed by atoms with Crippen LogP contribution in [0.1, 0.15) is 39.5 Å². The minimum Gasteiger partial charge on any atom is -0.372 e. The highest BCUT2D eigenvalue weighted by Crippen LogP contribution is 2.35. The van der Waals surface area contributed by atoms with Gasteiger partial charge in [-0.05, 0) is 26.7 Å². The Morgan fingerprint density at radius 3 is 2.41 bits per heavy atom. The van der Waals surface area contributed by atoms with Crippen molar-refractivity contribution in [2.45, 2.75) is 57.3 Å². The highest BCUT2D eigenvalue weighted by atomic mass is 16.5. The highest BCUT2D eigenvalue weighted by Gasteiger charge is 2.52. The predicted octanol–water partition coefficient (Wildman–Crippen LogP) is 0.487. The summed E-state index contributed by atoms with van der Waals surface area (Å²) in [7, 11) is 0. The monoisotopic (exact) mass is 309 g/mol. The van der Waals surface area contributed by atoms with Crippen LogP contribution in [-0.2, 0) is 14.3 Å². The second-order valence-electron chi connectivity index (χ2n) is 6.67. The van der Waals surface area contributed by atoms with E-state index in [4.69, 9.17) is 4.74 Å². The number of hydrogen-bond acceptors (Lipinski definition) is 4. The van der Waals surface area contributed by atoms with E-state index < -0.39 is 11.6 Å². The summed E-state index contributed by atoms with van der Waals surface area (Å²) in [5.74, 6) is -0.432. The largest absolute Gasteiger partial charge is 0.372 e. The Hall–Kier alpha value is -1.63. The zero-order valence-electron chi connectivity index (χ0n) is 13.1. The number of urea groups is 1. The van der Waals surface area contributed by atoms with Crippen LogP contribution in [0.15, 0.2) is 0 Å². The van der Waals surface area contributed by atoms with Crippen LogP contribution in [0, 0.1) is 0 Å². The van der Waals surface area contributed by atoms with Gasteiger partial charge in [0.1, 0.15) is 12.1 Å². The van der Waals surface area contributed by atoms with Gasteiger partial charge >= 0.3 is 6.03 Å². The lowest BCUT2D eigenvalue weighted by Gasteiger charge is -2.35. The first-order valence-electron chi connectivity index (χ1n) is 7.99. The normalized spacial score (nSPS) is 31.0. The van der Waals surface area contributed by atoms with Crippen LogP contribution >= 0.6 is 0 Å². The summed E-state index contributed by atoms with van der Waals surface area (Å²) in [5, 5.41) is 2.80. The molecule has 2 atom stereocenters. The number of imide groups is 1. The molecule has 0 aromatic rings. The zero-order valence-corrected chi connectivity index (χ0v) is 13.1. The van der Waals surface area contributed by atoms with Crippen LogP contribution in [0.25, 0.3) is 0 Å². The maximum Gasteiger partial charge on any atom is 0.325 e. The van der Waals surface area contributed by atoms with Gasteiger partial charge in [-0.2, -0.15) is 0 Å². The Kier molecular flexibility index (Phi) is 3.84. The second-order valence-corrected chi connectivity index (χ2v) is 6.67. The van der Waals surface area contributed by atoms with Gasteiger partial charge in [-0.1, -0.05) is 12.8 Å². The zero-order chi connectivity index (χ0) is 15.9. The van der Waals surface area contributed by atoms with E-state index in [0.717, 1.165) is 17.7 Å². The molecule has 1 N–H and O–H groups in total. The van der Waals surface area contributed by atoms with Crippen molar-refractivity contribution < 1.29 is 19.1 Å². The number of hydrogen-bond donors (Lipinski definition) is 1. The van der Waals surface area contributed by atoms with E-state index in [0.29, 0.717) is 25.9 Å². The molecule has 7 heteroatoms. The maximum atomic E-state index is 12.5. The lowest BCUT2D eigenvalue weighted by atomic mass is 9.98. The molecule has 0 radical (unpaired) electrons. The van der Waals surface area contributed by atoms with E-state index in [9.17, 15) is 14.4 Å². The fourth-order valence-electron chi connectivity index (χ4n) is 3.75. The summed E-state index contributed by atoms with van der Waals surface area (Å²) in [5.41, 5.74) is -0.747. The molecule has 22 heavy (non-hydrogen) atoms. The number of amides is 4. The molecule has 3 aliphatic rings. The Balaban J connectivity index is 1.66. The number of carbonyl (C=O) groups is 3. The molecule has 1 saturated carbocycles. The molecule has 2 unspecified atom stereocenters. The van der Waals surface area contributed by atoms with E-state index in [1.54, 1.807) is 4.90 Å². The quantitative estimate of drug-likeness (QED) is 0.753. The molecule has 122 valence electrons. The Morgan fingerprint density at radius 2 is 1.82 bits per heavy atom. The number of nitrogens with one attached hydrogen (secondary N) is 1. The third-order valence-electron chi connectivity index (χ3n) is 4.77. The van der Waals surface area contributed by atoms with Gasteiger partial charge in [0.15, 0.2) is 0 Å². The van der Waals surface area contributed by atoms with Gasteiger partial charge in [-0.3, -0.25) is 14.5 Å². The van der Waals surface area contributed by atoms with E-state index >= 15 is 0 Å². The van der Waals surface area contributed by atoms with Crippen molar-refractivity contribution in [1.29, 1.82) is 0 Å². The number of rotatable bonds is 2. The molecule has 0 bridgehead atoms. The van der Waals surface area contributed by atoms with Crippen LogP contribution in [-0.4, -0.2) is 65.0 Å². The van der Waals surface area contributed by atoms with E-state index in [-0.39, 0.29) is 30.6 Å². The highest BCUT2D eigenvalue weighted by molar-refractivity contribution is 6.09. The molecule has 1 spiro atoms. The van der Waals surface area contributed by atoms with E-state index in [1.165, 1.54) is 0 Å². The van der Waals surface area contributed by atoms with Gasteiger partial charge in [0, 0.05) is 13.1 Å². The van der Waals surface area contributed by atoms with Gasteiger partial charge in [0.05, 0.1) is 12.2 Å². The van der Waals surface area contributed by atoms with E-state index in [1.807, 2.05) is 13.8 Å². The van der Waals surface area contributed by atoms with Gasteiger partial charge in [-0.25, -0.2) is 4.79 Å². The molecular weight excluding hydrogens is 286 g/mol. The third-order valence-corrected chi connectivity index (χ3v) is 4.77. The Morgan fingerprint density at radius 1 is 1.23 bits per heavy atom. The molecule has 1 aliphatic carbocycles. The predicted molar refractivity (Wildman–Crippen MR) is 78.0 cm³/mol. The first-order chi connectivity index (χ1) is 10.4. The Labute approximate surface area is 129 Å². The maximum absolute atomic E-state index is 12.5. The van der Waals surface area contributed by atoms with Crippen molar-refractivity contribution in [3.8, 4) is 0 Å². The first-order valence-corrected chi connectivity index (χ1v) is 7.99. The van der Waals surface area contributed by atoms with Crippen LogP contribution in [0.2, 0.25) is 0 Å². The summed E-state index contributed by atoms with van der Waals surface area (Å²) in [4.78, 5) is 39.8. The van der Waals surface area contributed by atoms with Gasteiger partial charge in [-0.15, -0.1) is 0 Å². The Bertz CT molecular complexity index is 491. The van der Waals surface area contributed by atoms with Crippen molar-refractivity contribution in [3.63, 3.8) is 0 Å². The molecule has 3 rings (SSSR count). The lowest BCUT2D eigenvalue weighted by Crippen LogP contribution is -2.52. The van der Waals surface area contributed by atoms with Crippen molar-refractivity contribution in [2.75, 3.05) is 19.6 Å². The average molecular weight is 309 g/mol. The molecule has 2 aliphatic heterocycles. The topological polar surface area (TPSA) is 79.0 Å². The van der Waals surface area contributed by atoms with Gasteiger partial charge < -0.3 is 15.0 Å². The molecule has 0 aromatic carbocycles. The number of morpholine rings is 1. The fourth-order valence-corrected chi connectivity index (χ4v) is 3.75. The van der Waals surface area contributed by atoms with Gasteiger partial charge in [0.2, 0.25) is 5.91 Å². The van der Waals surface area contributed by atoms with Crippen LogP contribution in [0.4, 0.5) is 4.79 Å². The standard InChI is InChI=1S/C15H23N3O4/c1-10-7-17(8-11(2)22-10)12(19)9-18-13(20)15(16-14(18)21)5-3-4-6-15/h10-11H,3-9H2,1-2H3,(H,16,21). The number of carbonyl (C=O) groups excluding carboxylic acids is 3. The van der Waals surface area contributed by atoms with E-state index in [2.05, 4.69) is 5.32 Å². The van der Waals surface area contributed by atoms with Crippen molar-refractivity contribution >= 4 is 17.8 Å². The molecule has 4 amide bonds. The smallest absolute Gasteiger partial charge is 0.325 e. The van der Waals surface area contributed by atoms with Crippen molar-refractivity contribution in [3.05, 3.63) is 0 Å². The molecule has 7 nitrogen and oxygen atoms in total. The summed E-state index contributed by atoms with van der Waals surface area (Å²) < 4.78 is 5.60. The average Bonchev–Trinajstić information content (AvgIpc) is 2.99. The molecule has 3 fully saturated rings. The number of nitrogens with zero attached hydrogens (tertiary/aromatic N) is 2.